The molecule has 2 aromatic heterocycles. The van der Waals surface area contributed by atoms with Gasteiger partial charge in [0.05, 0.1) is 17.1 Å². The first kappa shape index (κ1) is 19.9. The Morgan fingerprint density at radius 3 is 2.93 bits per heavy atom. The van der Waals surface area contributed by atoms with E-state index >= 15 is 0 Å². The van der Waals surface area contributed by atoms with E-state index in [0.29, 0.717) is 5.92 Å². The van der Waals surface area contributed by atoms with Crippen molar-refractivity contribution < 1.29 is 4.79 Å². The topological polar surface area (TPSA) is 59.0 Å². The van der Waals surface area contributed by atoms with Gasteiger partial charge in [0.1, 0.15) is 4.83 Å². The largest absolute Gasteiger partial charge is 0.351 e. The van der Waals surface area contributed by atoms with Crippen molar-refractivity contribution in [2.75, 3.05) is 19.6 Å². The minimum Gasteiger partial charge on any atom is -0.351 e. The lowest BCUT2D eigenvalue weighted by Crippen LogP contribution is -2.25. The van der Waals surface area contributed by atoms with E-state index in [1.165, 1.54) is 23.3 Å². The summed E-state index contributed by atoms with van der Waals surface area (Å²) in [6.45, 7) is 5.65. The molecule has 1 aliphatic rings. The van der Waals surface area contributed by atoms with Crippen LogP contribution in [-0.4, -0.2) is 35.3 Å². The number of hydrogen-bond donors (Lipinski definition) is 2. The van der Waals surface area contributed by atoms with E-state index in [-0.39, 0.29) is 18.3 Å². The molecule has 4 rings (SSSR count). The Kier molecular flexibility index (Phi) is 6.52. The van der Waals surface area contributed by atoms with Crippen molar-refractivity contribution in [2.45, 2.75) is 26.3 Å². The molecular formula is C20H25ClN4OS. The highest BCUT2D eigenvalue weighted by Gasteiger charge is 2.18. The van der Waals surface area contributed by atoms with Crippen molar-refractivity contribution in [3.8, 4) is 0 Å². The molecule has 144 valence electrons. The maximum atomic E-state index is 12.5. The molecule has 1 saturated heterocycles. The number of hydrogen-bond acceptors (Lipinski definition) is 4. The van der Waals surface area contributed by atoms with Crippen LogP contribution in [0.25, 0.3) is 10.2 Å². The molecule has 2 N–H and O–H groups in total. The summed E-state index contributed by atoms with van der Waals surface area (Å²) in [6.07, 6.45) is 2.26. The molecule has 0 bridgehead atoms. The van der Waals surface area contributed by atoms with Crippen LogP contribution in [0.15, 0.2) is 36.4 Å². The van der Waals surface area contributed by atoms with Gasteiger partial charge >= 0.3 is 0 Å². The van der Waals surface area contributed by atoms with Gasteiger partial charge in [0.15, 0.2) is 0 Å². The maximum Gasteiger partial charge on any atom is 0.261 e. The van der Waals surface area contributed by atoms with Gasteiger partial charge in [-0.05, 0) is 50.4 Å². The number of benzene rings is 1. The van der Waals surface area contributed by atoms with Gasteiger partial charge in [-0.3, -0.25) is 9.48 Å². The molecular weight excluding hydrogens is 380 g/mol. The van der Waals surface area contributed by atoms with E-state index in [1.807, 2.05) is 35.9 Å². The molecule has 3 heterocycles. The zero-order chi connectivity index (χ0) is 17.9. The quantitative estimate of drug-likeness (QED) is 0.659. The predicted octanol–water partition coefficient (Wildman–Crippen LogP) is 3.61. The van der Waals surface area contributed by atoms with Gasteiger partial charge in [0.2, 0.25) is 0 Å². The maximum absolute atomic E-state index is 12.5. The first-order chi connectivity index (χ1) is 12.7. The van der Waals surface area contributed by atoms with Gasteiger partial charge in [-0.1, -0.05) is 30.3 Å². The zero-order valence-electron chi connectivity index (χ0n) is 15.4. The van der Waals surface area contributed by atoms with Gasteiger partial charge in [-0.25, -0.2) is 0 Å². The van der Waals surface area contributed by atoms with Crippen LogP contribution in [0.3, 0.4) is 0 Å². The SMILES string of the molecule is Cc1nn(Cc2ccccc2)c2sc(C(=O)NCCC3CCNC3)cc12.Cl. The van der Waals surface area contributed by atoms with Gasteiger partial charge in [-0.2, -0.15) is 5.10 Å². The highest BCUT2D eigenvalue weighted by molar-refractivity contribution is 7.20. The summed E-state index contributed by atoms with van der Waals surface area (Å²) in [6, 6.07) is 12.3. The Hall–Kier alpha value is -1.89. The predicted molar refractivity (Wildman–Crippen MR) is 113 cm³/mol. The lowest BCUT2D eigenvalue weighted by molar-refractivity contribution is 0.0956. The summed E-state index contributed by atoms with van der Waals surface area (Å²) in [5.41, 5.74) is 2.18. The Balaban J connectivity index is 0.00000210. The third-order valence-corrected chi connectivity index (χ3v) is 6.15. The number of nitrogens with zero attached hydrogens (tertiary/aromatic N) is 2. The van der Waals surface area contributed by atoms with Crippen molar-refractivity contribution >= 4 is 39.9 Å². The van der Waals surface area contributed by atoms with Crippen molar-refractivity contribution in [1.29, 1.82) is 0 Å². The fourth-order valence-electron chi connectivity index (χ4n) is 3.53. The first-order valence-corrected chi connectivity index (χ1v) is 10.0. The highest BCUT2D eigenvalue weighted by Crippen LogP contribution is 2.29. The molecule has 1 amide bonds. The molecule has 0 saturated carbocycles. The van der Waals surface area contributed by atoms with Crippen LogP contribution in [0, 0.1) is 12.8 Å². The Labute approximate surface area is 169 Å². The van der Waals surface area contributed by atoms with Gasteiger partial charge in [0.25, 0.3) is 5.91 Å². The Morgan fingerprint density at radius 1 is 1.37 bits per heavy atom. The summed E-state index contributed by atoms with van der Waals surface area (Å²) in [4.78, 5) is 14.4. The summed E-state index contributed by atoms with van der Waals surface area (Å²) in [5.74, 6) is 0.724. The number of aryl methyl sites for hydroxylation is 1. The molecule has 1 unspecified atom stereocenters. The second kappa shape index (κ2) is 8.87. The van der Waals surface area contributed by atoms with Crippen LogP contribution in [0.2, 0.25) is 0 Å². The summed E-state index contributed by atoms with van der Waals surface area (Å²) < 4.78 is 2.01. The molecule has 5 nitrogen and oxygen atoms in total. The van der Waals surface area contributed by atoms with Crippen LogP contribution in [-0.2, 0) is 6.54 Å². The summed E-state index contributed by atoms with van der Waals surface area (Å²) in [5, 5.41) is 12.2. The number of carbonyl (C=O) groups excluding carboxylic acids is 1. The van der Waals surface area contributed by atoms with Crippen LogP contribution in [0.5, 0.6) is 0 Å². The van der Waals surface area contributed by atoms with E-state index in [4.69, 9.17) is 0 Å². The molecule has 1 aromatic carbocycles. The molecule has 27 heavy (non-hydrogen) atoms. The van der Waals surface area contributed by atoms with Crippen molar-refractivity contribution in [1.82, 2.24) is 20.4 Å². The average molecular weight is 405 g/mol. The number of thiophene rings is 1. The number of rotatable bonds is 6. The second-order valence-corrected chi connectivity index (χ2v) is 7.99. The van der Waals surface area contributed by atoms with Crippen molar-refractivity contribution in [3.63, 3.8) is 0 Å². The number of fused-ring (bicyclic) bond motifs is 1. The van der Waals surface area contributed by atoms with E-state index in [1.54, 1.807) is 0 Å². The third-order valence-electron chi connectivity index (χ3n) is 5.01. The second-order valence-electron chi connectivity index (χ2n) is 6.96. The van der Waals surface area contributed by atoms with E-state index in [0.717, 1.165) is 53.4 Å². The lowest BCUT2D eigenvalue weighted by atomic mass is 10.1. The minimum atomic E-state index is 0. The van der Waals surface area contributed by atoms with Crippen LogP contribution < -0.4 is 10.6 Å². The molecule has 0 radical (unpaired) electrons. The van der Waals surface area contributed by atoms with Crippen molar-refractivity contribution in [2.24, 2.45) is 5.92 Å². The van der Waals surface area contributed by atoms with Crippen LogP contribution in [0.1, 0.15) is 33.8 Å². The van der Waals surface area contributed by atoms with E-state index in [9.17, 15) is 4.79 Å². The van der Waals surface area contributed by atoms with Crippen LogP contribution in [0.4, 0.5) is 0 Å². The number of amides is 1. The number of nitrogens with one attached hydrogen (secondary N) is 2. The van der Waals surface area contributed by atoms with Crippen molar-refractivity contribution in [3.05, 3.63) is 52.5 Å². The molecule has 1 aliphatic heterocycles. The molecule has 7 heteroatoms. The smallest absolute Gasteiger partial charge is 0.261 e. The summed E-state index contributed by atoms with van der Waals surface area (Å²) >= 11 is 1.53. The molecule has 3 aromatic rings. The standard InChI is InChI=1S/C20H24N4OS.ClH/c1-14-17-11-18(19(25)22-10-8-15-7-9-21-12-15)26-20(17)24(23-14)13-16-5-3-2-4-6-16;/h2-6,11,15,21H,7-10,12-13H2,1H3,(H,22,25);1H. The van der Waals surface area contributed by atoms with Gasteiger partial charge < -0.3 is 10.6 Å². The average Bonchev–Trinajstić information content (AvgIpc) is 3.36. The molecule has 0 aliphatic carbocycles. The summed E-state index contributed by atoms with van der Waals surface area (Å²) in [7, 11) is 0. The van der Waals surface area contributed by atoms with E-state index < -0.39 is 0 Å². The van der Waals surface area contributed by atoms with Gasteiger partial charge in [-0.15, -0.1) is 23.7 Å². The number of halogens is 1. The molecule has 1 fully saturated rings. The monoisotopic (exact) mass is 404 g/mol. The van der Waals surface area contributed by atoms with Crippen LogP contribution >= 0.6 is 23.7 Å². The van der Waals surface area contributed by atoms with Gasteiger partial charge in [0, 0.05) is 11.9 Å². The molecule has 1 atom stereocenters. The third kappa shape index (κ3) is 4.51. The Morgan fingerprint density at radius 2 is 2.19 bits per heavy atom. The molecule has 0 spiro atoms. The van der Waals surface area contributed by atoms with E-state index in [2.05, 4.69) is 27.9 Å². The number of aromatic nitrogens is 2. The Bertz CT molecular complexity index is 899. The first-order valence-electron chi connectivity index (χ1n) is 9.20. The highest BCUT2D eigenvalue weighted by atomic mass is 35.5. The number of carbonyl (C=O) groups is 1. The fourth-order valence-corrected chi connectivity index (χ4v) is 4.60. The minimum absolute atomic E-state index is 0. The lowest BCUT2D eigenvalue weighted by Gasteiger charge is -2.08. The normalized spacial score (nSPS) is 16.4. The fraction of sp³-hybridized carbons (Fsp3) is 0.400. The zero-order valence-corrected chi connectivity index (χ0v) is 17.0.